The Kier molecular flexibility index (Phi) is 7.03. The normalized spacial score (nSPS) is 15.1. The van der Waals surface area contributed by atoms with Crippen molar-refractivity contribution in [2.24, 2.45) is 5.92 Å². The highest BCUT2D eigenvalue weighted by atomic mass is 14.2. The summed E-state index contributed by atoms with van der Waals surface area (Å²) < 4.78 is 0. The number of allylic oxidation sites excluding steroid dienone is 2. The van der Waals surface area contributed by atoms with E-state index in [1.54, 1.807) is 5.57 Å². The molecule has 13 heavy (non-hydrogen) atoms. The van der Waals surface area contributed by atoms with Crippen LogP contribution in [0.25, 0.3) is 0 Å². The van der Waals surface area contributed by atoms with Gasteiger partial charge in [0.25, 0.3) is 0 Å². The van der Waals surface area contributed by atoms with Crippen LogP contribution in [-0.4, -0.2) is 0 Å². The lowest BCUT2D eigenvalue weighted by Crippen LogP contribution is -2.04. The van der Waals surface area contributed by atoms with Gasteiger partial charge in [-0.15, -0.1) is 0 Å². The van der Waals surface area contributed by atoms with Crippen molar-refractivity contribution in [1.29, 1.82) is 0 Å². The van der Waals surface area contributed by atoms with Crippen LogP contribution in [0.4, 0.5) is 0 Å². The van der Waals surface area contributed by atoms with Crippen LogP contribution in [0.15, 0.2) is 11.6 Å². The zero-order valence-electron chi connectivity index (χ0n) is 9.98. The fourth-order valence-electron chi connectivity index (χ4n) is 1.78. The SMILES string of the molecule is CCC=C([C](C)C)C(C)CCCC. The molecular weight excluding hydrogens is 156 g/mol. The van der Waals surface area contributed by atoms with Gasteiger partial charge in [0.05, 0.1) is 0 Å². The van der Waals surface area contributed by atoms with E-state index in [4.69, 9.17) is 0 Å². The fourth-order valence-corrected chi connectivity index (χ4v) is 1.78. The molecule has 0 amide bonds. The molecule has 0 aliphatic heterocycles. The van der Waals surface area contributed by atoms with Gasteiger partial charge in [0.15, 0.2) is 0 Å². The highest BCUT2D eigenvalue weighted by Crippen LogP contribution is 2.25. The van der Waals surface area contributed by atoms with Crippen LogP contribution in [0.3, 0.4) is 0 Å². The molecule has 1 atom stereocenters. The quantitative estimate of drug-likeness (QED) is 0.554. The van der Waals surface area contributed by atoms with E-state index < -0.39 is 0 Å². The van der Waals surface area contributed by atoms with Gasteiger partial charge in [-0.3, -0.25) is 0 Å². The monoisotopic (exact) mass is 181 g/mol. The van der Waals surface area contributed by atoms with Crippen molar-refractivity contribution in [3.8, 4) is 0 Å². The smallest absolute Gasteiger partial charge is 0.00536 e. The van der Waals surface area contributed by atoms with Gasteiger partial charge >= 0.3 is 0 Å². The first kappa shape index (κ1) is 12.7. The first-order chi connectivity index (χ1) is 6.13. The van der Waals surface area contributed by atoms with E-state index in [0.29, 0.717) is 0 Å². The predicted octanol–water partition coefficient (Wildman–Crippen LogP) is 4.76. The van der Waals surface area contributed by atoms with Crippen LogP contribution in [0.1, 0.15) is 60.3 Å². The third-order valence-electron chi connectivity index (χ3n) is 2.52. The van der Waals surface area contributed by atoms with E-state index in [-0.39, 0.29) is 0 Å². The summed E-state index contributed by atoms with van der Waals surface area (Å²) in [6.45, 7) is 11.3. The van der Waals surface area contributed by atoms with E-state index in [1.807, 2.05) is 0 Å². The second-order valence-corrected chi connectivity index (χ2v) is 4.11. The minimum absolute atomic E-state index is 0.755. The Bertz CT molecular complexity index is 142. The Hall–Kier alpha value is -0.260. The topological polar surface area (TPSA) is 0 Å². The summed E-state index contributed by atoms with van der Waals surface area (Å²) in [7, 11) is 0. The molecule has 0 aromatic carbocycles. The molecule has 1 unspecified atom stereocenters. The van der Waals surface area contributed by atoms with Crippen molar-refractivity contribution in [2.45, 2.75) is 60.3 Å². The molecule has 0 N–H and O–H groups in total. The van der Waals surface area contributed by atoms with E-state index in [0.717, 1.165) is 12.3 Å². The summed E-state index contributed by atoms with van der Waals surface area (Å²) in [5.74, 6) is 2.25. The van der Waals surface area contributed by atoms with E-state index in [1.165, 1.54) is 25.2 Å². The molecule has 77 valence electrons. The molecule has 0 bridgehead atoms. The lowest BCUT2D eigenvalue weighted by Gasteiger charge is -2.18. The number of hydrogen-bond acceptors (Lipinski definition) is 0. The maximum absolute atomic E-state index is 2.38. The Balaban J connectivity index is 4.12. The molecule has 0 nitrogen and oxygen atoms in total. The highest BCUT2D eigenvalue weighted by Gasteiger charge is 2.11. The lowest BCUT2D eigenvalue weighted by molar-refractivity contribution is 0.564. The molecular formula is C13H25. The molecule has 0 aromatic rings. The average molecular weight is 181 g/mol. The zero-order chi connectivity index (χ0) is 10.3. The van der Waals surface area contributed by atoms with Gasteiger partial charge in [0, 0.05) is 0 Å². The minimum atomic E-state index is 0.755. The summed E-state index contributed by atoms with van der Waals surface area (Å²) in [5.41, 5.74) is 1.58. The van der Waals surface area contributed by atoms with Crippen LogP contribution < -0.4 is 0 Å². The first-order valence-electron chi connectivity index (χ1n) is 5.64. The second-order valence-electron chi connectivity index (χ2n) is 4.11. The van der Waals surface area contributed by atoms with Crippen molar-refractivity contribution in [3.63, 3.8) is 0 Å². The number of rotatable bonds is 6. The van der Waals surface area contributed by atoms with Crippen molar-refractivity contribution in [2.75, 3.05) is 0 Å². The molecule has 0 heteroatoms. The third kappa shape index (κ3) is 5.13. The van der Waals surface area contributed by atoms with Gasteiger partial charge in [-0.05, 0) is 24.7 Å². The van der Waals surface area contributed by atoms with Gasteiger partial charge in [-0.1, -0.05) is 59.1 Å². The molecule has 0 rings (SSSR count). The highest BCUT2D eigenvalue weighted by molar-refractivity contribution is 5.22. The summed E-state index contributed by atoms with van der Waals surface area (Å²) in [6, 6.07) is 0. The average Bonchev–Trinajstić information content (AvgIpc) is 2.09. The van der Waals surface area contributed by atoms with E-state index in [9.17, 15) is 0 Å². The third-order valence-corrected chi connectivity index (χ3v) is 2.52. The van der Waals surface area contributed by atoms with Gasteiger partial charge in [-0.2, -0.15) is 0 Å². The lowest BCUT2D eigenvalue weighted by atomic mass is 9.87. The Labute approximate surface area is 84.4 Å². The van der Waals surface area contributed by atoms with Crippen LogP contribution >= 0.6 is 0 Å². The molecule has 0 spiro atoms. The van der Waals surface area contributed by atoms with Crippen LogP contribution in [0.2, 0.25) is 0 Å². The summed E-state index contributed by atoms with van der Waals surface area (Å²) in [6.07, 6.45) is 7.56. The maximum atomic E-state index is 2.38. The van der Waals surface area contributed by atoms with Crippen LogP contribution in [-0.2, 0) is 0 Å². The van der Waals surface area contributed by atoms with Gasteiger partial charge < -0.3 is 0 Å². The predicted molar refractivity (Wildman–Crippen MR) is 61.7 cm³/mol. The number of hydrogen-bond donors (Lipinski definition) is 0. The molecule has 0 heterocycles. The Morgan fingerprint density at radius 3 is 2.23 bits per heavy atom. The Morgan fingerprint density at radius 1 is 1.23 bits per heavy atom. The number of unbranched alkanes of at least 4 members (excludes halogenated alkanes) is 1. The van der Waals surface area contributed by atoms with E-state index in [2.05, 4.69) is 40.7 Å². The molecule has 0 saturated carbocycles. The van der Waals surface area contributed by atoms with Gasteiger partial charge in [0.2, 0.25) is 0 Å². The first-order valence-corrected chi connectivity index (χ1v) is 5.64. The standard InChI is InChI=1S/C13H25/c1-6-8-10-12(5)13(9-7-2)11(3)4/h9,12H,6-8,10H2,1-5H3. The fraction of sp³-hybridized carbons (Fsp3) is 0.769. The van der Waals surface area contributed by atoms with Gasteiger partial charge in [-0.25, -0.2) is 0 Å². The largest absolute Gasteiger partial charge is 0.0848 e. The van der Waals surface area contributed by atoms with Crippen molar-refractivity contribution in [1.82, 2.24) is 0 Å². The van der Waals surface area contributed by atoms with Crippen molar-refractivity contribution >= 4 is 0 Å². The van der Waals surface area contributed by atoms with E-state index >= 15 is 0 Å². The second kappa shape index (κ2) is 7.17. The molecule has 1 radical (unpaired) electrons. The molecule has 0 saturated heterocycles. The van der Waals surface area contributed by atoms with Crippen molar-refractivity contribution < 1.29 is 0 Å². The Morgan fingerprint density at radius 2 is 1.85 bits per heavy atom. The van der Waals surface area contributed by atoms with Crippen LogP contribution in [0, 0.1) is 11.8 Å². The molecule has 0 fully saturated rings. The van der Waals surface area contributed by atoms with Crippen molar-refractivity contribution in [3.05, 3.63) is 17.6 Å². The zero-order valence-corrected chi connectivity index (χ0v) is 9.98. The molecule has 0 aromatic heterocycles. The molecule has 0 aliphatic carbocycles. The summed E-state index contributed by atoms with van der Waals surface area (Å²) >= 11 is 0. The van der Waals surface area contributed by atoms with Gasteiger partial charge in [0.1, 0.15) is 0 Å². The minimum Gasteiger partial charge on any atom is -0.0848 e. The molecule has 0 aliphatic rings. The summed E-state index contributed by atoms with van der Waals surface area (Å²) in [5, 5.41) is 0. The maximum Gasteiger partial charge on any atom is -0.00536 e. The van der Waals surface area contributed by atoms with Crippen LogP contribution in [0.5, 0.6) is 0 Å². The summed E-state index contributed by atoms with van der Waals surface area (Å²) in [4.78, 5) is 0.